The Labute approximate surface area is 95.8 Å². The zero-order chi connectivity index (χ0) is 10.3. The van der Waals surface area contributed by atoms with Crippen molar-refractivity contribution in [1.82, 2.24) is 0 Å². The standard InChI is InChI=1S/C9H8BrClO2S/c10-7-3-1-6(2-4-7)8-5-9(8)14(11,12)13/h1-4,8-9H,5H2/t8-,9-/m0/s1. The van der Waals surface area contributed by atoms with E-state index in [2.05, 4.69) is 15.9 Å². The molecule has 1 aromatic carbocycles. The van der Waals surface area contributed by atoms with Crippen LogP contribution in [-0.2, 0) is 9.05 Å². The van der Waals surface area contributed by atoms with Gasteiger partial charge in [0.2, 0.25) is 9.05 Å². The van der Waals surface area contributed by atoms with Gasteiger partial charge < -0.3 is 0 Å². The van der Waals surface area contributed by atoms with Crippen molar-refractivity contribution in [3.8, 4) is 0 Å². The van der Waals surface area contributed by atoms with Crippen LogP contribution in [0.4, 0.5) is 0 Å². The first-order valence-corrected chi connectivity index (χ1v) is 7.34. The summed E-state index contributed by atoms with van der Waals surface area (Å²) in [6, 6.07) is 7.67. The Morgan fingerprint density at radius 1 is 1.29 bits per heavy atom. The second-order valence-corrected chi connectivity index (χ2v) is 7.17. The molecule has 0 aromatic heterocycles. The topological polar surface area (TPSA) is 34.1 Å². The van der Waals surface area contributed by atoms with Crippen molar-refractivity contribution in [3.05, 3.63) is 34.3 Å². The molecule has 1 aliphatic rings. The molecule has 2 rings (SSSR count). The van der Waals surface area contributed by atoms with Crippen LogP contribution in [-0.4, -0.2) is 13.7 Å². The molecule has 2 atom stereocenters. The SMILES string of the molecule is O=S(=O)(Cl)[C@H]1C[C@H]1c1ccc(Br)cc1. The third kappa shape index (κ3) is 2.12. The van der Waals surface area contributed by atoms with Crippen molar-refractivity contribution in [3.63, 3.8) is 0 Å². The van der Waals surface area contributed by atoms with Gasteiger partial charge in [-0.1, -0.05) is 28.1 Å². The quantitative estimate of drug-likeness (QED) is 0.786. The molecule has 0 radical (unpaired) electrons. The van der Waals surface area contributed by atoms with Crippen molar-refractivity contribution in [2.45, 2.75) is 17.6 Å². The van der Waals surface area contributed by atoms with E-state index in [9.17, 15) is 8.42 Å². The molecular weight excluding hydrogens is 288 g/mol. The average molecular weight is 296 g/mol. The van der Waals surface area contributed by atoms with Gasteiger partial charge in [0, 0.05) is 21.1 Å². The van der Waals surface area contributed by atoms with Crippen molar-refractivity contribution in [2.24, 2.45) is 0 Å². The maximum Gasteiger partial charge on any atom is 0.236 e. The van der Waals surface area contributed by atoms with E-state index in [4.69, 9.17) is 10.7 Å². The lowest BCUT2D eigenvalue weighted by Crippen LogP contribution is -1.99. The molecule has 2 nitrogen and oxygen atoms in total. The minimum Gasteiger partial charge on any atom is -0.212 e. The Morgan fingerprint density at radius 2 is 1.86 bits per heavy atom. The lowest BCUT2D eigenvalue weighted by atomic mass is 10.1. The third-order valence-corrected chi connectivity index (χ3v) is 4.85. The highest BCUT2D eigenvalue weighted by Gasteiger charge is 2.47. The van der Waals surface area contributed by atoms with Crippen molar-refractivity contribution < 1.29 is 8.42 Å². The predicted octanol–water partition coefficient (Wildman–Crippen LogP) is 2.87. The first kappa shape index (κ1) is 10.5. The summed E-state index contributed by atoms with van der Waals surface area (Å²) in [5.74, 6) is 0.0885. The average Bonchev–Trinajstić information content (AvgIpc) is 2.83. The molecule has 0 heterocycles. The summed E-state index contributed by atoms with van der Waals surface area (Å²) < 4.78 is 23.0. The van der Waals surface area contributed by atoms with Gasteiger partial charge in [-0.15, -0.1) is 0 Å². The molecule has 0 bridgehead atoms. The summed E-state index contributed by atoms with van der Waals surface area (Å²) in [6.45, 7) is 0. The molecule has 0 spiro atoms. The van der Waals surface area contributed by atoms with Crippen LogP contribution in [0.25, 0.3) is 0 Å². The Kier molecular flexibility index (Phi) is 2.62. The number of rotatable bonds is 2. The van der Waals surface area contributed by atoms with Gasteiger partial charge in [0.15, 0.2) is 0 Å². The highest BCUT2D eigenvalue weighted by atomic mass is 79.9. The lowest BCUT2D eigenvalue weighted by Gasteiger charge is -1.98. The van der Waals surface area contributed by atoms with E-state index >= 15 is 0 Å². The van der Waals surface area contributed by atoms with Crippen molar-refractivity contribution in [1.29, 1.82) is 0 Å². The van der Waals surface area contributed by atoms with Gasteiger partial charge in [0.25, 0.3) is 0 Å². The molecule has 76 valence electrons. The Hall–Kier alpha value is -0.0600. The summed E-state index contributed by atoms with van der Waals surface area (Å²) in [5.41, 5.74) is 1.04. The zero-order valence-corrected chi connectivity index (χ0v) is 10.3. The zero-order valence-electron chi connectivity index (χ0n) is 7.15. The van der Waals surface area contributed by atoms with Gasteiger partial charge in [-0.3, -0.25) is 0 Å². The fourth-order valence-corrected chi connectivity index (χ4v) is 3.39. The molecule has 0 aliphatic heterocycles. The molecule has 0 unspecified atom stereocenters. The molecule has 1 fully saturated rings. The molecular formula is C9H8BrClO2S. The van der Waals surface area contributed by atoms with E-state index < -0.39 is 9.05 Å². The Morgan fingerprint density at radius 3 is 2.29 bits per heavy atom. The molecule has 1 aromatic rings. The molecule has 0 N–H and O–H groups in total. The van der Waals surface area contributed by atoms with Crippen LogP contribution >= 0.6 is 26.6 Å². The van der Waals surface area contributed by atoms with Crippen LogP contribution in [0.1, 0.15) is 17.9 Å². The fourth-order valence-electron chi connectivity index (χ4n) is 1.54. The fraction of sp³-hybridized carbons (Fsp3) is 0.333. The number of benzene rings is 1. The largest absolute Gasteiger partial charge is 0.236 e. The second-order valence-electron chi connectivity index (χ2n) is 3.41. The molecule has 0 saturated heterocycles. The molecule has 1 aliphatic carbocycles. The molecule has 14 heavy (non-hydrogen) atoms. The van der Waals surface area contributed by atoms with Gasteiger partial charge in [-0.25, -0.2) is 8.42 Å². The number of hydrogen-bond acceptors (Lipinski definition) is 2. The minimum absolute atomic E-state index is 0.0885. The lowest BCUT2D eigenvalue weighted by molar-refractivity contribution is 0.607. The maximum absolute atomic E-state index is 11.0. The summed E-state index contributed by atoms with van der Waals surface area (Å²) in [7, 11) is 1.89. The molecule has 1 saturated carbocycles. The van der Waals surface area contributed by atoms with Gasteiger partial charge in [0.1, 0.15) is 0 Å². The van der Waals surface area contributed by atoms with Crippen LogP contribution in [0.5, 0.6) is 0 Å². The first-order valence-electron chi connectivity index (χ1n) is 4.17. The van der Waals surface area contributed by atoms with E-state index in [0.717, 1.165) is 10.0 Å². The van der Waals surface area contributed by atoms with E-state index in [-0.39, 0.29) is 11.2 Å². The summed E-state index contributed by atoms with van der Waals surface area (Å²) >= 11 is 3.33. The smallest absolute Gasteiger partial charge is 0.212 e. The highest BCUT2D eigenvalue weighted by molar-refractivity contribution is 9.10. The van der Waals surface area contributed by atoms with Crippen LogP contribution in [0.15, 0.2) is 28.7 Å². The molecule has 5 heteroatoms. The Balaban J connectivity index is 2.18. The van der Waals surface area contributed by atoms with E-state index in [1.807, 2.05) is 24.3 Å². The Bertz CT molecular complexity index is 440. The van der Waals surface area contributed by atoms with Gasteiger partial charge in [0.05, 0.1) is 5.25 Å². The van der Waals surface area contributed by atoms with Gasteiger partial charge in [-0.2, -0.15) is 0 Å². The monoisotopic (exact) mass is 294 g/mol. The van der Waals surface area contributed by atoms with Gasteiger partial charge >= 0.3 is 0 Å². The highest BCUT2D eigenvalue weighted by Crippen LogP contribution is 2.47. The summed E-state index contributed by atoms with van der Waals surface area (Å²) in [4.78, 5) is 0. The van der Waals surface area contributed by atoms with Crippen molar-refractivity contribution in [2.75, 3.05) is 0 Å². The van der Waals surface area contributed by atoms with Crippen LogP contribution < -0.4 is 0 Å². The molecule has 0 amide bonds. The normalized spacial score (nSPS) is 26.1. The summed E-state index contributed by atoms with van der Waals surface area (Å²) in [6.07, 6.45) is 0.646. The second kappa shape index (κ2) is 3.51. The number of halogens is 2. The number of hydrogen-bond donors (Lipinski definition) is 0. The van der Waals surface area contributed by atoms with Crippen LogP contribution in [0.3, 0.4) is 0 Å². The predicted molar refractivity (Wildman–Crippen MR) is 60.1 cm³/mol. The first-order chi connectivity index (χ1) is 6.48. The van der Waals surface area contributed by atoms with Crippen molar-refractivity contribution >= 4 is 35.7 Å². The van der Waals surface area contributed by atoms with E-state index in [1.165, 1.54) is 0 Å². The van der Waals surface area contributed by atoms with E-state index in [0.29, 0.717) is 6.42 Å². The van der Waals surface area contributed by atoms with Gasteiger partial charge in [-0.05, 0) is 24.1 Å². The van der Waals surface area contributed by atoms with Crippen LogP contribution in [0.2, 0.25) is 0 Å². The van der Waals surface area contributed by atoms with Crippen LogP contribution in [0, 0.1) is 0 Å². The summed E-state index contributed by atoms with van der Waals surface area (Å²) in [5, 5.41) is -0.384. The minimum atomic E-state index is -3.38. The van der Waals surface area contributed by atoms with E-state index in [1.54, 1.807) is 0 Å². The maximum atomic E-state index is 11.0. The third-order valence-electron chi connectivity index (χ3n) is 2.39.